The normalized spacial score (nSPS) is 13.1. The Morgan fingerprint density at radius 2 is 1.72 bits per heavy atom. The average Bonchev–Trinajstić information content (AvgIpc) is 2.84. The molecular weight excluding hydrogens is 476 g/mol. The predicted octanol–water partition coefficient (Wildman–Crippen LogP) is 3.29. The van der Waals surface area contributed by atoms with Crippen LogP contribution < -0.4 is 11.1 Å². The monoisotopic (exact) mass is 508 g/mol. The molecule has 3 rings (SSSR count). The lowest BCUT2D eigenvalue weighted by molar-refractivity contribution is 0.104. The Balaban J connectivity index is 1.79. The summed E-state index contributed by atoms with van der Waals surface area (Å²) in [6, 6.07) is 13.9. The summed E-state index contributed by atoms with van der Waals surface area (Å²) < 4.78 is 24.7. The van der Waals surface area contributed by atoms with Crippen LogP contribution in [0.1, 0.15) is 48.1 Å². The van der Waals surface area contributed by atoms with Gasteiger partial charge in [-0.3, -0.25) is 9.78 Å². The Kier molecular flexibility index (Phi) is 8.73. The highest BCUT2D eigenvalue weighted by Gasteiger charge is 2.19. The lowest BCUT2D eigenvalue weighted by Gasteiger charge is -2.10. The Morgan fingerprint density at radius 1 is 1.08 bits per heavy atom. The van der Waals surface area contributed by atoms with Crippen molar-refractivity contribution < 1.29 is 18.3 Å². The van der Waals surface area contributed by atoms with Crippen LogP contribution >= 0.6 is 0 Å². The quantitative estimate of drug-likeness (QED) is 0.280. The summed E-state index contributed by atoms with van der Waals surface area (Å²) in [5.41, 5.74) is 9.97. The van der Waals surface area contributed by atoms with Gasteiger partial charge in [-0.1, -0.05) is 36.4 Å². The van der Waals surface area contributed by atoms with Gasteiger partial charge in [0, 0.05) is 30.4 Å². The lowest BCUT2D eigenvalue weighted by atomic mass is 10.1. The van der Waals surface area contributed by atoms with Crippen molar-refractivity contribution in [3.63, 3.8) is 0 Å². The number of aryl methyl sites for hydroxylation is 1. The van der Waals surface area contributed by atoms with E-state index < -0.39 is 21.2 Å². The Morgan fingerprint density at radius 3 is 2.31 bits per heavy atom. The number of aliphatic hydroxyl groups excluding tert-OH is 1. The average molecular weight is 509 g/mol. The van der Waals surface area contributed by atoms with Gasteiger partial charge in [-0.25, -0.2) is 13.4 Å². The topological polar surface area (TPSA) is 135 Å². The molecule has 0 fully saturated rings. The molecule has 3 aromatic rings. The fourth-order valence-electron chi connectivity index (χ4n) is 3.44. The number of nitrogens with zero attached hydrogens (tertiary/aromatic N) is 2. The molecule has 0 bridgehead atoms. The minimum absolute atomic E-state index is 0.174. The van der Waals surface area contributed by atoms with Gasteiger partial charge in [-0.2, -0.15) is 0 Å². The highest BCUT2D eigenvalue weighted by atomic mass is 32.2. The third kappa shape index (κ3) is 6.63. The lowest BCUT2D eigenvalue weighted by Crippen LogP contribution is -2.23. The second-order valence-electron chi connectivity index (χ2n) is 8.95. The number of sulfone groups is 1. The summed E-state index contributed by atoms with van der Waals surface area (Å²) in [5, 5.41) is 12.0. The molecule has 0 aliphatic rings. The first-order chi connectivity index (χ1) is 17.0. The molecule has 8 nitrogen and oxygen atoms in total. The van der Waals surface area contributed by atoms with E-state index in [0.717, 1.165) is 5.56 Å². The van der Waals surface area contributed by atoms with Crippen LogP contribution in [-0.4, -0.2) is 47.2 Å². The molecule has 1 atom stereocenters. The van der Waals surface area contributed by atoms with Gasteiger partial charge in [-0.05, 0) is 51.0 Å². The van der Waals surface area contributed by atoms with Gasteiger partial charge in [0.1, 0.15) is 5.69 Å². The SMILES string of the molecule is Cc1ncc(-c2ccc(S(=O)(=O)C(C)C)cc2)nc1C(=O)C=C(N)c1ccc(CNCC(C)O)cc1. The number of nitrogens with two attached hydrogens (primary N) is 1. The zero-order valence-electron chi connectivity index (χ0n) is 20.9. The molecule has 0 saturated carbocycles. The van der Waals surface area contributed by atoms with Crippen LogP contribution in [0.15, 0.2) is 65.7 Å². The van der Waals surface area contributed by atoms with E-state index in [1.54, 1.807) is 46.0 Å². The molecule has 1 aromatic heterocycles. The second-order valence-corrected chi connectivity index (χ2v) is 11.5. The highest BCUT2D eigenvalue weighted by Crippen LogP contribution is 2.23. The molecule has 9 heteroatoms. The molecule has 4 N–H and O–H groups in total. The number of rotatable bonds is 10. The van der Waals surface area contributed by atoms with Gasteiger partial charge in [0.15, 0.2) is 9.84 Å². The van der Waals surface area contributed by atoms with E-state index in [1.807, 2.05) is 24.3 Å². The van der Waals surface area contributed by atoms with Gasteiger partial charge in [-0.15, -0.1) is 0 Å². The number of carbonyl (C=O) groups excluding carboxylic acids is 1. The summed E-state index contributed by atoms with van der Waals surface area (Å²) in [5.74, 6) is -0.374. The molecule has 0 aliphatic carbocycles. The summed E-state index contributed by atoms with van der Waals surface area (Å²) in [4.78, 5) is 22.0. The number of carbonyl (C=O) groups is 1. The second kappa shape index (κ2) is 11.6. The van der Waals surface area contributed by atoms with Crippen LogP contribution in [0.3, 0.4) is 0 Å². The summed E-state index contributed by atoms with van der Waals surface area (Å²) in [7, 11) is -3.38. The van der Waals surface area contributed by atoms with Crippen molar-refractivity contribution in [2.45, 2.75) is 50.5 Å². The Hall–Kier alpha value is -3.40. The van der Waals surface area contributed by atoms with E-state index in [2.05, 4.69) is 15.3 Å². The number of aromatic nitrogens is 2. The summed E-state index contributed by atoms with van der Waals surface area (Å²) in [6.45, 7) is 7.80. The number of benzene rings is 2. The van der Waals surface area contributed by atoms with Crippen molar-refractivity contribution in [1.29, 1.82) is 0 Å². The minimum atomic E-state index is -3.38. The van der Waals surface area contributed by atoms with Gasteiger partial charge < -0.3 is 16.2 Å². The maximum Gasteiger partial charge on any atom is 0.208 e. The molecule has 1 unspecified atom stereocenters. The number of ketones is 1. The molecule has 0 amide bonds. The first kappa shape index (κ1) is 27.2. The first-order valence-electron chi connectivity index (χ1n) is 11.7. The van der Waals surface area contributed by atoms with Crippen molar-refractivity contribution in [2.24, 2.45) is 5.73 Å². The van der Waals surface area contributed by atoms with Gasteiger partial charge in [0.2, 0.25) is 5.78 Å². The van der Waals surface area contributed by atoms with Gasteiger partial charge in [0.05, 0.1) is 33.8 Å². The van der Waals surface area contributed by atoms with Gasteiger partial charge in [0.25, 0.3) is 0 Å². The number of aliphatic hydroxyl groups is 1. The fourth-order valence-corrected chi connectivity index (χ4v) is 4.50. The van der Waals surface area contributed by atoms with Crippen LogP contribution in [-0.2, 0) is 16.4 Å². The van der Waals surface area contributed by atoms with E-state index in [1.165, 1.54) is 18.2 Å². The highest BCUT2D eigenvalue weighted by molar-refractivity contribution is 7.92. The van der Waals surface area contributed by atoms with E-state index in [0.29, 0.717) is 41.3 Å². The maximum atomic E-state index is 13.0. The third-order valence-electron chi connectivity index (χ3n) is 5.63. The van der Waals surface area contributed by atoms with E-state index in [-0.39, 0.29) is 16.4 Å². The van der Waals surface area contributed by atoms with E-state index in [4.69, 9.17) is 5.73 Å². The van der Waals surface area contributed by atoms with Crippen LogP contribution in [0, 0.1) is 6.92 Å². The molecular formula is C27H32N4O4S. The van der Waals surface area contributed by atoms with Crippen molar-refractivity contribution in [2.75, 3.05) is 6.54 Å². The number of nitrogens with one attached hydrogen (secondary N) is 1. The van der Waals surface area contributed by atoms with Crippen molar-refractivity contribution >= 4 is 21.3 Å². The molecule has 0 saturated heterocycles. The van der Waals surface area contributed by atoms with Crippen LogP contribution in [0.5, 0.6) is 0 Å². The molecule has 0 aliphatic heterocycles. The van der Waals surface area contributed by atoms with Crippen LogP contribution in [0.4, 0.5) is 0 Å². The first-order valence-corrected chi connectivity index (χ1v) is 13.2. The molecule has 1 heterocycles. The molecule has 36 heavy (non-hydrogen) atoms. The fraction of sp³-hybridized carbons (Fsp3) is 0.296. The van der Waals surface area contributed by atoms with Crippen molar-refractivity contribution in [3.8, 4) is 11.3 Å². The Labute approximate surface area is 212 Å². The third-order valence-corrected chi connectivity index (χ3v) is 7.80. The van der Waals surface area contributed by atoms with Gasteiger partial charge >= 0.3 is 0 Å². The van der Waals surface area contributed by atoms with E-state index >= 15 is 0 Å². The maximum absolute atomic E-state index is 13.0. The standard InChI is InChI=1S/C27H32N4O4S/c1-17(2)36(34,35)23-11-9-22(10-12-23)25-16-30-19(4)27(31-25)26(33)13-24(28)21-7-5-20(6-8-21)15-29-14-18(3)32/h5-13,16-18,29,32H,14-15,28H2,1-4H3. The molecule has 0 radical (unpaired) electrons. The van der Waals surface area contributed by atoms with E-state index in [9.17, 15) is 18.3 Å². The molecule has 0 spiro atoms. The summed E-state index contributed by atoms with van der Waals surface area (Å²) in [6.07, 6.45) is 2.47. The zero-order chi connectivity index (χ0) is 26.5. The zero-order valence-corrected chi connectivity index (χ0v) is 21.7. The van der Waals surface area contributed by atoms with Crippen LogP contribution in [0.2, 0.25) is 0 Å². The largest absolute Gasteiger partial charge is 0.398 e. The molecule has 2 aromatic carbocycles. The number of hydrogen-bond acceptors (Lipinski definition) is 8. The van der Waals surface area contributed by atoms with Crippen LogP contribution in [0.25, 0.3) is 17.0 Å². The Bertz CT molecular complexity index is 1350. The smallest absolute Gasteiger partial charge is 0.208 e. The summed E-state index contributed by atoms with van der Waals surface area (Å²) >= 11 is 0. The molecule has 190 valence electrons. The van der Waals surface area contributed by atoms with Crippen molar-refractivity contribution in [1.82, 2.24) is 15.3 Å². The minimum Gasteiger partial charge on any atom is -0.398 e. The van der Waals surface area contributed by atoms with Crippen molar-refractivity contribution in [3.05, 3.63) is 83.3 Å². The predicted molar refractivity (Wildman–Crippen MR) is 141 cm³/mol. The number of hydrogen-bond donors (Lipinski definition) is 3. The number of allylic oxidation sites excluding steroid dienone is 1.